The predicted octanol–water partition coefficient (Wildman–Crippen LogP) is 2.60. The van der Waals surface area contributed by atoms with E-state index < -0.39 is 0 Å². The lowest BCUT2D eigenvalue weighted by Gasteiger charge is -2.11. The highest BCUT2D eigenvalue weighted by Gasteiger charge is 2.07. The first-order valence-electron chi connectivity index (χ1n) is 6.88. The van der Waals surface area contributed by atoms with E-state index in [9.17, 15) is 4.79 Å². The second-order valence-electron chi connectivity index (χ2n) is 4.76. The average Bonchev–Trinajstić information content (AvgIpc) is 2.49. The van der Waals surface area contributed by atoms with Crippen molar-refractivity contribution in [2.75, 3.05) is 19.5 Å². The number of amides is 1. The van der Waals surface area contributed by atoms with Crippen molar-refractivity contribution >= 4 is 11.6 Å². The predicted molar refractivity (Wildman–Crippen MR) is 84.5 cm³/mol. The van der Waals surface area contributed by atoms with Crippen molar-refractivity contribution in [1.82, 2.24) is 5.32 Å². The summed E-state index contributed by atoms with van der Waals surface area (Å²) in [6.45, 7) is 0.718. The monoisotopic (exact) mass is 284 g/mol. The van der Waals surface area contributed by atoms with Crippen molar-refractivity contribution in [3.05, 3.63) is 59.7 Å². The molecule has 0 atom stereocenters. The van der Waals surface area contributed by atoms with Gasteiger partial charge in [0.25, 0.3) is 0 Å². The Kier molecular flexibility index (Phi) is 5.35. The molecule has 0 aromatic heterocycles. The fourth-order valence-corrected chi connectivity index (χ4v) is 2.15. The summed E-state index contributed by atoms with van der Waals surface area (Å²) in [5, 5.41) is 6.06. The molecule has 4 nitrogen and oxygen atoms in total. The van der Waals surface area contributed by atoms with Crippen molar-refractivity contribution in [3.8, 4) is 5.75 Å². The molecular formula is C17H20N2O2. The molecule has 0 saturated heterocycles. The Morgan fingerprint density at radius 2 is 1.95 bits per heavy atom. The lowest BCUT2D eigenvalue weighted by atomic mass is 10.1. The van der Waals surface area contributed by atoms with E-state index in [0.29, 0.717) is 6.42 Å². The third-order valence-corrected chi connectivity index (χ3v) is 3.16. The number of hydrogen-bond acceptors (Lipinski definition) is 3. The maximum absolute atomic E-state index is 12.2. The number of benzene rings is 2. The van der Waals surface area contributed by atoms with Gasteiger partial charge in [-0.15, -0.1) is 0 Å². The fraction of sp³-hybridized carbons (Fsp3) is 0.235. The number of carbonyl (C=O) groups excluding carboxylic acids is 1. The second kappa shape index (κ2) is 7.45. The molecule has 0 fully saturated rings. The molecule has 0 spiro atoms. The van der Waals surface area contributed by atoms with E-state index in [0.717, 1.165) is 29.1 Å². The van der Waals surface area contributed by atoms with Crippen LogP contribution in [0.3, 0.4) is 0 Å². The summed E-state index contributed by atoms with van der Waals surface area (Å²) in [6, 6.07) is 15.3. The molecule has 0 bridgehead atoms. The zero-order valence-corrected chi connectivity index (χ0v) is 12.3. The van der Waals surface area contributed by atoms with Gasteiger partial charge < -0.3 is 15.4 Å². The highest BCUT2D eigenvalue weighted by atomic mass is 16.5. The molecule has 0 aliphatic heterocycles. The zero-order valence-electron chi connectivity index (χ0n) is 12.3. The van der Waals surface area contributed by atoms with Gasteiger partial charge in [0.2, 0.25) is 5.91 Å². The number of ether oxygens (including phenoxy) is 1. The Morgan fingerprint density at radius 1 is 1.14 bits per heavy atom. The van der Waals surface area contributed by atoms with Crippen LogP contribution in [0.25, 0.3) is 0 Å². The first kappa shape index (κ1) is 15.1. The molecule has 0 aliphatic carbocycles. The molecule has 0 aliphatic rings. The summed E-state index contributed by atoms with van der Waals surface area (Å²) in [7, 11) is 3.50. The van der Waals surface area contributed by atoms with Crippen LogP contribution in [0.5, 0.6) is 5.75 Å². The minimum Gasteiger partial charge on any atom is -0.497 e. The van der Waals surface area contributed by atoms with Gasteiger partial charge in [-0.3, -0.25) is 4.79 Å². The third-order valence-electron chi connectivity index (χ3n) is 3.16. The molecule has 0 saturated carbocycles. The lowest BCUT2D eigenvalue weighted by molar-refractivity contribution is -0.115. The minimum absolute atomic E-state index is 0.0354. The molecule has 2 aromatic rings. The van der Waals surface area contributed by atoms with Gasteiger partial charge in [0.05, 0.1) is 13.5 Å². The fourth-order valence-electron chi connectivity index (χ4n) is 2.15. The normalized spacial score (nSPS) is 10.2. The Labute approximate surface area is 125 Å². The Morgan fingerprint density at radius 3 is 2.71 bits per heavy atom. The third kappa shape index (κ3) is 4.33. The quantitative estimate of drug-likeness (QED) is 0.857. The van der Waals surface area contributed by atoms with Gasteiger partial charge >= 0.3 is 0 Å². The molecule has 2 N–H and O–H groups in total. The molecule has 2 aromatic carbocycles. The highest BCUT2D eigenvalue weighted by molar-refractivity contribution is 5.93. The molecule has 4 heteroatoms. The van der Waals surface area contributed by atoms with Gasteiger partial charge in [-0.25, -0.2) is 0 Å². The smallest absolute Gasteiger partial charge is 0.228 e. The maximum Gasteiger partial charge on any atom is 0.228 e. The van der Waals surface area contributed by atoms with E-state index in [-0.39, 0.29) is 5.91 Å². The summed E-state index contributed by atoms with van der Waals surface area (Å²) >= 11 is 0. The molecule has 0 unspecified atom stereocenters. The molecule has 2 rings (SSSR count). The van der Waals surface area contributed by atoms with Crippen LogP contribution >= 0.6 is 0 Å². The summed E-state index contributed by atoms with van der Waals surface area (Å²) in [5.74, 6) is 0.725. The van der Waals surface area contributed by atoms with Gasteiger partial charge in [0, 0.05) is 12.2 Å². The van der Waals surface area contributed by atoms with Gasteiger partial charge in [0.15, 0.2) is 0 Å². The topological polar surface area (TPSA) is 50.4 Å². The number of hydrogen-bond donors (Lipinski definition) is 2. The van der Waals surface area contributed by atoms with Crippen LogP contribution in [0.4, 0.5) is 5.69 Å². The van der Waals surface area contributed by atoms with Crippen molar-refractivity contribution in [2.24, 2.45) is 0 Å². The van der Waals surface area contributed by atoms with Crippen LogP contribution in [0.2, 0.25) is 0 Å². The SMILES string of the molecule is CNCc1ccccc1NC(=O)Cc1cccc(OC)c1. The van der Waals surface area contributed by atoms with Crippen LogP contribution in [0.15, 0.2) is 48.5 Å². The van der Waals surface area contributed by atoms with Crippen LogP contribution in [0.1, 0.15) is 11.1 Å². The molecule has 110 valence electrons. The standard InChI is InChI=1S/C17H20N2O2/c1-18-12-14-7-3-4-9-16(14)19-17(20)11-13-6-5-8-15(10-13)21-2/h3-10,18H,11-12H2,1-2H3,(H,19,20). The van der Waals surface area contributed by atoms with Crippen LogP contribution < -0.4 is 15.4 Å². The molecule has 0 heterocycles. The molecule has 1 amide bonds. The Hall–Kier alpha value is -2.33. The maximum atomic E-state index is 12.2. The largest absolute Gasteiger partial charge is 0.497 e. The number of nitrogens with one attached hydrogen (secondary N) is 2. The van der Waals surface area contributed by atoms with Gasteiger partial charge in [-0.2, -0.15) is 0 Å². The first-order chi connectivity index (χ1) is 10.2. The van der Waals surface area contributed by atoms with Gasteiger partial charge in [-0.05, 0) is 36.4 Å². The van der Waals surface area contributed by atoms with Crippen molar-refractivity contribution < 1.29 is 9.53 Å². The van der Waals surface area contributed by atoms with E-state index in [1.165, 1.54) is 0 Å². The van der Waals surface area contributed by atoms with Crippen LogP contribution in [0, 0.1) is 0 Å². The molecular weight excluding hydrogens is 264 g/mol. The summed E-state index contributed by atoms with van der Waals surface area (Å²) in [5.41, 5.74) is 2.84. The summed E-state index contributed by atoms with van der Waals surface area (Å²) in [4.78, 5) is 12.2. The van der Waals surface area contributed by atoms with E-state index in [1.54, 1.807) is 7.11 Å². The summed E-state index contributed by atoms with van der Waals surface area (Å²) in [6.07, 6.45) is 0.324. The van der Waals surface area contributed by atoms with Crippen LogP contribution in [-0.4, -0.2) is 20.1 Å². The number of methoxy groups -OCH3 is 1. The molecule has 0 radical (unpaired) electrons. The number of para-hydroxylation sites is 1. The Bertz CT molecular complexity index is 611. The number of carbonyl (C=O) groups is 1. The van der Waals surface area contributed by atoms with E-state index >= 15 is 0 Å². The minimum atomic E-state index is -0.0354. The van der Waals surface area contributed by atoms with E-state index in [4.69, 9.17) is 4.74 Å². The van der Waals surface area contributed by atoms with Gasteiger partial charge in [0.1, 0.15) is 5.75 Å². The van der Waals surface area contributed by atoms with E-state index in [1.807, 2.05) is 55.6 Å². The second-order valence-corrected chi connectivity index (χ2v) is 4.76. The summed E-state index contributed by atoms with van der Waals surface area (Å²) < 4.78 is 5.17. The average molecular weight is 284 g/mol. The lowest BCUT2D eigenvalue weighted by Crippen LogP contribution is -2.17. The Balaban J connectivity index is 2.04. The van der Waals surface area contributed by atoms with E-state index in [2.05, 4.69) is 10.6 Å². The van der Waals surface area contributed by atoms with Crippen molar-refractivity contribution in [2.45, 2.75) is 13.0 Å². The zero-order chi connectivity index (χ0) is 15.1. The first-order valence-corrected chi connectivity index (χ1v) is 6.88. The number of rotatable bonds is 6. The van der Waals surface area contributed by atoms with Gasteiger partial charge in [-0.1, -0.05) is 30.3 Å². The highest BCUT2D eigenvalue weighted by Crippen LogP contribution is 2.16. The van der Waals surface area contributed by atoms with Crippen molar-refractivity contribution in [3.63, 3.8) is 0 Å². The van der Waals surface area contributed by atoms with Crippen LogP contribution in [-0.2, 0) is 17.8 Å². The van der Waals surface area contributed by atoms with Crippen molar-refractivity contribution in [1.29, 1.82) is 0 Å². The molecule has 21 heavy (non-hydrogen) atoms. The number of anilines is 1.